The highest BCUT2D eigenvalue weighted by molar-refractivity contribution is 7.89. The number of sulfonamides is 1. The van der Waals surface area contributed by atoms with Crippen LogP contribution >= 0.6 is 11.6 Å². The predicted octanol–water partition coefficient (Wildman–Crippen LogP) is 4.75. The Morgan fingerprint density at radius 3 is 2.41 bits per heavy atom. The molecular formula is C23H32ClFN4O4S. The largest absolute Gasteiger partial charge is 0.465 e. The molecule has 1 aromatic heterocycles. The topological polar surface area (TPSA) is 105 Å². The van der Waals surface area contributed by atoms with Crippen LogP contribution in [0.25, 0.3) is 0 Å². The number of rotatable bonds is 10. The lowest BCUT2D eigenvalue weighted by Gasteiger charge is -2.15. The molecule has 0 aliphatic carbocycles. The van der Waals surface area contributed by atoms with Crippen LogP contribution < -0.4 is 5.32 Å². The van der Waals surface area contributed by atoms with E-state index in [1.54, 1.807) is 12.1 Å². The molecule has 0 radical (unpaired) electrons. The fraction of sp³-hybridized carbons (Fsp3) is 0.478. The Kier molecular flexibility index (Phi) is 9.27. The second-order valence-electron chi connectivity index (χ2n) is 8.78. The lowest BCUT2D eigenvalue weighted by Crippen LogP contribution is -2.22. The second kappa shape index (κ2) is 11.3. The average molecular weight is 515 g/mol. The van der Waals surface area contributed by atoms with Crippen molar-refractivity contribution in [2.75, 3.05) is 20.6 Å². The third-order valence-electron chi connectivity index (χ3n) is 5.23. The van der Waals surface area contributed by atoms with E-state index in [1.807, 2.05) is 32.4 Å². The number of nitrogens with one attached hydrogen (secondary N) is 1. The molecule has 0 aliphatic rings. The molecule has 2 rings (SSSR count). The smallest absolute Gasteiger partial charge is 0.404 e. The molecule has 0 fully saturated rings. The van der Waals surface area contributed by atoms with Crippen LogP contribution in [-0.2, 0) is 23.0 Å². The van der Waals surface area contributed by atoms with Gasteiger partial charge in [-0.05, 0) is 35.6 Å². The fourth-order valence-corrected chi connectivity index (χ4v) is 5.09. The molecule has 2 N–H and O–H groups in total. The SMILES string of the molecule is CC(C)c1nn(Cc2ccc(S(=O)(=O)N(C)C)c(Cl)c2)c(C(C)C)c1CC(F)=CCNC(=O)O. The number of amides is 1. The minimum Gasteiger partial charge on any atom is -0.465 e. The van der Waals surface area contributed by atoms with E-state index in [2.05, 4.69) is 5.32 Å². The maximum Gasteiger partial charge on any atom is 0.404 e. The van der Waals surface area contributed by atoms with Gasteiger partial charge in [0.05, 0.1) is 17.3 Å². The predicted molar refractivity (Wildman–Crippen MR) is 131 cm³/mol. The van der Waals surface area contributed by atoms with Gasteiger partial charge in [0.15, 0.2) is 0 Å². The molecule has 34 heavy (non-hydrogen) atoms. The lowest BCUT2D eigenvalue weighted by atomic mass is 9.96. The summed E-state index contributed by atoms with van der Waals surface area (Å²) in [5, 5.41) is 15.7. The molecule has 0 aliphatic heterocycles. The first-order chi connectivity index (χ1) is 15.7. The van der Waals surface area contributed by atoms with E-state index in [4.69, 9.17) is 21.8 Å². The maximum absolute atomic E-state index is 14.6. The molecular weight excluding hydrogens is 483 g/mol. The van der Waals surface area contributed by atoms with E-state index in [-0.39, 0.29) is 34.7 Å². The minimum absolute atomic E-state index is 0.00307. The van der Waals surface area contributed by atoms with Crippen LogP contribution in [0.2, 0.25) is 5.02 Å². The van der Waals surface area contributed by atoms with Crippen molar-refractivity contribution in [3.8, 4) is 0 Å². The molecule has 2 aromatic rings. The van der Waals surface area contributed by atoms with E-state index in [0.717, 1.165) is 26.8 Å². The van der Waals surface area contributed by atoms with Crippen LogP contribution in [0.15, 0.2) is 35.0 Å². The number of hydrogen-bond acceptors (Lipinski definition) is 4. The van der Waals surface area contributed by atoms with Crippen LogP contribution in [-0.4, -0.2) is 54.3 Å². The summed E-state index contributed by atoms with van der Waals surface area (Å²) >= 11 is 6.31. The van der Waals surface area contributed by atoms with Crippen LogP contribution in [0, 0.1) is 0 Å². The summed E-state index contributed by atoms with van der Waals surface area (Å²) in [5.74, 6) is -0.378. The first kappa shape index (κ1) is 27.8. The van der Waals surface area contributed by atoms with Gasteiger partial charge < -0.3 is 10.4 Å². The van der Waals surface area contributed by atoms with Crippen LogP contribution in [0.5, 0.6) is 0 Å². The van der Waals surface area contributed by atoms with Crippen LogP contribution in [0.4, 0.5) is 9.18 Å². The van der Waals surface area contributed by atoms with Gasteiger partial charge in [0, 0.05) is 38.3 Å². The Morgan fingerprint density at radius 2 is 1.91 bits per heavy atom. The zero-order valence-electron chi connectivity index (χ0n) is 20.3. The van der Waals surface area contributed by atoms with Crippen LogP contribution in [0.3, 0.4) is 0 Å². The highest BCUT2D eigenvalue weighted by Gasteiger charge is 2.24. The van der Waals surface area contributed by atoms with Gasteiger partial charge >= 0.3 is 6.09 Å². The zero-order valence-corrected chi connectivity index (χ0v) is 21.8. The molecule has 0 unspecified atom stereocenters. The van der Waals surface area contributed by atoms with Crippen molar-refractivity contribution in [3.63, 3.8) is 0 Å². The minimum atomic E-state index is -3.67. The summed E-state index contributed by atoms with van der Waals surface area (Å²) in [5.41, 5.74) is 3.15. The van der Waals surface area contributed by atoms with Crippen molar-refractivity contribution in [2.45, 2.75) is 57.4 Å². The number of aromatic nitrogens is 2. The van der Waals surface area contributed by atoms with Gasteiger partial charge in [-0.2, -0.15) is 5.10 Å². The van der Waals surface area contributed by atoms with Crippen molar-refractivity contribution >= 4 is 27.7 Å². The Hall–Kier alpha value is -2.43. The Morgan fingerprint density at radius 1 is 1.26 bits per heavy atom. The quantitative estimate of drug-likeness (QED) is 0.476. The van der Waals surface area contributed by atoms with Crippen molar-refractivity contribution in [1.82, 2.24) is 19.4 Å². The van der Waals surface area contributed by atoms with Gasteiger partial charge in [-0.15, -0.1) is 0 Å². The number of carboxylic acid groups (broad SMARTS) is 1. The van der Waals surface area contributed by atoms with E-state index < -0.39 is 21.9 Å². The highest BCUT2D eigenvalue weighted by Crippen LogP contribution is 2.31. The highest BCUT2D eigenvalue weighted by atomic mass is 35.5. The van der Waals surface area contributed by atoms with E-state index in [9.17, 15) is 17.6 Å². The molecule has 1 heterocycles. The molecule has 0 bridgehead atoms. The number of carbonyl (C=O) groups is 1. The van der Waals surface area contributed by atoms with Gasteiger partial charge in [0.2, 0.25) is 10.0 Å². The van der Waals surface area contributed by atoms with E-state index in [0.29, 0.717) is 6.54 Å². The molecule has 0 saturated heterocycles. The number of hydrogen-bond donors (Lipinski definition) is 2. The van der Waals surface area contributed by atoms with E-state index in [1.165, 1.54) is 26.2 Å². The maximum atomic E-state index is 14.6. The zero-order chi connectivity index (χ0) is 25.8. The van der Waals surface area contributed by atoms with Crippen molar-refractivity contribution in [3.05, 3.63) is 57.6 Å². The monoisotopic (exact) mass is 514 g/mol. The summed E-state index contributed by atoms with van der Waals surface area (Å²) in [6.07, 6.45) is -0.00224. The summed E-state index contributed by atoms with van der Waals surface area (Å²) in [4.78, 5) is 10.6. The lowest BCUT2D eigenvalue weighted by molar-refractivity contribution is 0.195. The summed E-state index contributed by atoms with van der Waals surface area (Å²) in [6.45, 7) is 8.16. The van der Waals surface area contributed by atoms with Gasteiger partial charge in [-0.3, -0.25) is 4.68 Å². The van der Waals surface area contributed by atoms with Crippen molar-refractivity contribution < 1.29 is 22.7 Å². The van der Waals surface area contributed by atoms with Gasteiger partial charge in [-0.25, -0.2) is 21.9 Å². The molecule has 0 saturated carbocycles. The first-order valence-electron chi connectivity index (χ1n) is 10.9. The molecule has 0 atom stereocenters. The number of nitrogens with zero attached hydrogens (tertiary/aromatic N) is 3. The molecule has 188 valence electrons. The van der Waals surface area contributed by atoms with Gasteiger partial charge in [0.1, 0.15) is 10.7 Å². The Bertz CT molecular complexity index is 1170. The summed E-state index contributed by atoms with van der Waals surface area (Å²) < 4.78 is 42.5. The summed E-state index contributed by atoms with van der Waals surface area (Å²) in [7, 11) is -0.784. The Balaban J connectivity index is 2.46. The third-order valence-corrected chi connectivity index (χ3v) is 7.53. The third kappa shape index (κ3) is 6.58. The molecule has 1 aromatic carbocycles. The average Bonchev–Trinajstić information content (AvgIpc) is 3.05. The normalized spacial score (nSPS) is 12.7. The second-order valence-corrected chi connectivity index (χ2v) is 11.3. The van der Waals surface area contributed by atoms with E-state index >= 15 is 0 Å². The number of benzene rings is 1. The number of allylic oxidation sites excluding steroid dienone is 1. The van der Waals surface area contributed by atoms with Gasteiger partial charge in [0.25, 0.3) is 0 Å². The number of halogens is 2. The Labute approximate surface area is 205 Å². The van der Waals surface area contributed by atoms with Gasteiger partial charge in [-0.1, -0.05) is 45.4 Å². The van der Waals surface area contributed by atoms with Crippen LogP contribution in [0.1, 0.15) is 62.0 Å². The standard InChI is InChI=1S/C23H32ClFN4O4S/c1-14(2)21-18(12-17(25)9-10-26-23(30)31)22(15(3)4)29(27-21)13-16-7-8-20(19(24)11-16)34(32,33)28(5)6/h7-9,11,14-15,26H,10,12-13H2,1-6H3,(H,30,31). The first-order valence-corrected chi connectivity index (χ1v) is 12.7. The fourth-order valence-electron chi connectivity index (χ4n) is 3.66. The summed E-state index contributed by atoms with van der Waals surface area (Å²) in [6, 6.07) is 4.78. The molecule has 1 amide bonds. The molecule has 8 nitrogen and oxygen atoms in total. The molecule has 0 spiro atoms. The van der Waals surface area contributed by atoms with Crippen molar-refractivity contribution in [2.24, 2.45) is 0 Å². The molecule has 11 heteroatoms. The van der Waals surface area contributed by atoms with Crippen molar-refractivity contribution in [1.29, 1.82) is 0 Å².